The second-order valence-corrected chi connectivity index (χ2v) is 8.45. The molecule has 0 spiro atoms. The van der Waals surface area contributed by atoms with E-state index in [1.807, 2.05) is 25.1 Å². The number of hydrogen-bond acceptors (Lipinski definition) is 2. The number of fused-ring (bicyclic) bond motifs is 4. The molecule has 4 heteroatoms. The number of benzene rings is 1. The van der Waals surface area contributed by atoms with Crippen molar-refractivity contribution in [2.24, 2.45) is 11.8 Å². The first kappa shape index (κ1) is 16.4. The van der Waals surface area contributed by atoms with E-state index in [1.54, 1.807) is 0 Å². The van der Waals surface area contributed by atoms with Crippen molar-refractivity contribution < 1.29 is 4.79 Å². The van der Waals surface area contributed by atoms with Crippen molar-refractivity contribution in [1.29, 1.82) is 0 Å². The van der Waals surface area contributed by atoms with Gasteiger partial charge in [-0.2, -0.15) is 0 Å². The van der Waals surface area contributed by atoms with Crippen LogP contribution < -0.4 is 0 Å². The molecule has 3 nitrogen and oxygen atoms in total. The highest BCUT2D eigenvalue weighted by molar-refractivity contribution is 6.30. The molecule has 0 N–H and O–H groups in total. The summed E-state index contributed by atoms with van der Waals surface area (Å²) < 4.78 is 0. The number of carbonyl (C=O) groups is 1. The summed E-state index contributed by atoms with van der Waals surface area (Å²) in [6.07, 6.45) is 6.74. The lowest BCUT2D eigenvalue weighted by Crippen LogP contribution is -2.47. The van der Waals surface area contributed by atoms with Crippen LogP contribution in [0.2, 0.25) is 5.02 Å². The largest absolute Gasteiger partial charge is 0.337 e. The van der Waals surface area contributed by atoms with Crippen molar-refractivity contribution in [1.82, 2.24) is 9.80 Å². The van der Waals surface area contributed by atoms with E-state index in [9.17, 15) is 4.79 Å². The van der Waals surface area contributed by atoms with Crippen LogP contribution in [0.5, 0.6) is 0 Å². The minimum atomic E-state index is 0.187. The van der Waals surface area contributed by atoms with Crippen molar-refractivity contribution in [2.75, 3.05) is 26.2 Å². The van der Waals surface area contributed by atoms with Gasteiger partial charge in [-0.05, 0) is 68.2 Å². The van der Waals surface area contributed by atoms with Gasteiger partial charge in [-0.15, -0.1) is 0 Å². The normalized spacial score (nSPS) is 27.8. The van der Waals surface area contributed by atoms with Gasteiger partial charge in [-0.1, -0.05) is 18.0 Å². The summed E-state index contributed by atoms with van der Waals surface area (Å²) in [4.78, 5) is 17.9. The van der Waals surface area contributed by atoms with Crippen LogP contribution in [0.15, 0.2) is 18.2 Å². The van der Waals surface area contributed by atoms with E-state index in [1.165, 1.54) is 45.2 Å². The van der Waals surface area contributed by atoms with Gasteiger partial charge in [0, 0.05) is 42.8 Å². The van der Waals surface area contributed by atoms with Crippen LogP contribution in [-0.4, -0.2) is 47.9 Å². The predicted molar refractivity (Wildman–Crippen MR) is 97.5 cm³/mol. The van der Waals surface area contributed by atoms with Gasteiger partial charge in [0.05, 0.1) is 0 Å². The standard InChI is InChI=1S/C20H27ClN2O/c1-14-9-17(21)6-8-19(14)20(24)23-12-16-5-7-18(13-23)22(11-16)10-15-3-2-4-15/h6,8-9,15-16,18H,2-5,7,10-13H2,1H3/t16-,18-/m1/s1. The molecule has 2 bridgehead atoms. The molecule has 4 fully saturated rings. The van der Waals surface area contributed by atoms with Crippen LogP contribution in [0.1, 0.15) is 48.0 Å². The Balaban J connectivity index is 1.49. The zero-order chi connectivity index (χ0) is 16.7. The highest BCUT2D eigenvalue weighted by Crippen LogP contribution is 2.33. The smallest absolute Gasteiger partial charge is 0.254 e. The van der Waals surface area contributed by atoms with Crippen LogP contribution in [-0.2, 0) is 0 Å². The number of amides is 1. The Bertz CT molecular complexity index is 628. The van der Waals surface area contributed by atoms with Crippen molar-refractivity contribution >= 4 is 17.5 Å². The first-order valence-corrected chi connectivity index (χ1v) is 9.77. The zero-order valence-corrected chi connectivity index (χ0v) is 15.3. The molecule has 5 rings (SSSR count). The molecule has 0 aromatic heterocycles. The second-order valence-electron chi connectivity index (χ2n) is 8.02. The zero-order valence-electron chi connectivity index (χ0n) is 14.5. The summed E-state index contributed by atoms with van der Waals surface area (Å²) in [5.74, 6) is 1.74. The third kappa shape index (κ3) is 3.21. The maximum absolute atomic E-state index is 13.1. The Morgan fingerprint density at radius 3 is 2.71 bits per heavy atom. The van der Waals surface area contributed by atoms with E-state index in [0.717, 1.165) is 30.1 Å². The number of halogens is 1. The lowest BCUT2D eigenvalue weighted by atomic mass is 9.83. The minimum Gasteiger partial charge on any atom is -0.337 e. The topological polar surface area (TPSA) is 23.6 Å². The monoisotopic (exact) mass is 346 g/mol. The fraction of sp³-hybridized carbons (Fsp3) is 0.650. The molecular weight excluding hydrogens is 320 g/mol. The van der Waals surface area contributed by atoms with Gasteiger partial charge in [-0.3, -0.25) is 9.69 Å². The van der Waals surface area contributed by atoms with Gasteiger partial charge in [0.1, 0.15) is 0 Å². The molecule has 0 unspecified atom stereocenters. The molecular formula is C20H27ClN2O. The van der Waals surface area contributed by atoms with Gasteiger partial charge in [0.15, 0.2) is 0 Å². The van der Waals surface area contributed by atoms with Gasteiger partial charge in [0.25, 0.3) is 5.91 Å². The lowest BCUT2D eigenvalue weighted by Gasteiger charge is -2.40. The second kappa shape index (κ2) is 6.68. The maximum Gasteiger partial charge on any atom is 0.254 e. The summed E-state index contributed by atoms with van der Waals surface area (Å²) >= 11 is 6.05. The minimum absolute atomic E-state index is 0.187. The molecule has 4 aliphatic rings. The fourth-order valence-electron chi connectivity index (χ4n) is 4.61. The van der Waals surface area contributed by atoms with Crippen molar-refractivity contribution in [3.63, 3.8) is 0 Å². The molecule has 24 heavy (non-hydrogen) atoms. The molecule has 1 aromatic rings. The van der Waals surface area contributed by atoms with E-state index in [0.29, 0.717) is 17.0 Å². The molecule has 130 valence electrons. The van der Waals surface area contributed by atoms with Crippen molar-refractivity contribution in [2.45, 2.75) is 45.1 Å². The number of hydrogen-bond donors (Lipinski definition) is 0. The lowest BCUT2D eigenvalue weighted by molar-refractivity contribution is 0.0716. The quantitative estimate of drug-likeness (QED) is 0.826. The average molecular weight is 347 g/mol. The SMILES string of the molecule is Cc1cc(Cl)ccc1C(=O)N1C[C@@H]2CC[C@H](C1)N(CC1CCC1)C2. The molecule has 1 saturated carbocycles. The van der Waals surface area contributed by atoms with Crippen molar-refractivity contribution in [3.05, 3.63) is 34.3 Å². The number of aryl methyl sites for hydroxylation is 1. The predicted octanol–water partition coefficient (Wildman–Crippen LogP) is 3.98. The number of nitrogens with zero attached hydrogens (tertiary/aromatic N) is 2. The summed E-state index contributed by atoms with van der Waals surface area (Å²) in [7, 11) is 0. The molecule has 0 radical (unpaired) electrons. The number of rotatable bonds is 3. The number of piperidine rings is 1. The third-order valence-corrected chi connectivity index (χ3v) is 6.49. The molecule has 1 amide bonds. The number of carbonyl (C=O) groups excluding carboxylic acids is 1. The highest BCUT2D eigenvalue weighted by atomic mass is 35.5. The first-order valence-electron chi connectivity index (χ1n) is 9.39. The highest BCUT2D eigenvalue weighted by Gasteiger charge is 2.38. The summed E-state index contributed by atoms with van der Waals surface area (Å²) in [6, 6.07) is 6.17. The molecule has 3 saturated heterocycles. The Morgan fingerprint density at radius 1 is 1.17 bits per heavy atom. The van der Waals surface area contributed by atoms with E-state index in [2.05, 4.69) is 9.80 Å². The van der Waals surface area contributed by atoms with E-state index in [-0.39, 0.29) is 5.91 Å². The van der Waals surface area contributed by atoms with Gasteiger partial charge in [-0.25, -0.2) is 0 Å². The average Bonchev–Trinajstić information content (AvgIpc) is 2.82. The van der Waals surface area contributed by atoms with Crippen LogP contribution in [0, 0.1) is 18.8 Å². The van der Waals surface area contributed by atoms with Crippen LogP contribution >= 0.6 is 11.6 Å². The summed E-state index contributed by atoms with van der Waals surface area (Å²) in [5.41, 5.74) is 1.79. The Kier molecular flexibility index (Phi) is 4.57. The molecule has 3 heterocycles. The third-order valence-electron chi connectivity index (χ3n) is 6.25. The van der Waals surface area contributed by atoms with E-state index >= 15 is 0 Å². The van der Waals surface area contributed by atoms with Gasteiger partial charge < -0.3 is 4.90 Å². The van der Waals surface area contributed by atoms with E-state index < -0.39 is 0 Å². The molecule has 1 aromatic carbocycles. The fourth-order valence-corrected chi connectivity index (χ4v) is 4.84. The van der Waals surface area contributed by atoms with Crippen molar-refractivity contribution in [3.8, 4) is 0 Å². The van der Waals surface area contributed by atoms with E-state index in [4.69, 9.17) is 11.6 Å². The summed E-state index contributed by atoms with van der Waals surface area (Å²) in [6.45, 7) is 6.23. The van der Waals surface area contributed by atoms with Crippen LogP contribution in [0.4, 0.5) is 0 Å². The van der Waals surface area contributed by atoms with Crippen LogP contribution in [0.25, 0.3) is 0 Å². The molecule has 3 aliphatic heterocycles. The molecule has 1 aliphatic carbocycles. The van der Waals surface area contributed by atoms with Gasteiger partial charge in [0.2, 0.25) is 0 Å². The molecule has 2 atom stereocenters. The first-order chi connectivity index (χ1) is 11.6. The van der Waals surface area contributed by atoms with Crippen LogP contribution in [0.3, 0.4) is 0 Å². The van der Waals surface area contributed by atoms with Gasteiger partial charge >= 0.3 is 0 Å². The Hall–Kier alpha value is -1.06. The summed E-state index contributed by atoms with van der Waals surface area (Å²) in [5, 5.41) is 0.701. The Labute approximate surface area is 150 Å². The Morgan fingerprint density at radius 2 is 2.00 bits per heavy atom. The maximum atomic E-state index is 13.1.